The molecule has 13 heteroatoms. The molecule has 0 aliphatic carbocycles. The second-order valence-electron chi connectivity index (χ2n) is 12.6. The van der Waals surface area contributed by atoms with Crippen LogP contribution in [0, 0.1) is 17.1 Å². The standard InChI is InChI=1S/C34H36FN9O3/c35-23-13-30(43-8-6-29-27(34(43)46)15-24-3-1-2-7-42(24)29)28(19-45)31(14-23)44-18-22(16-36)33(39-44)38-32-5-4-25(17-37-32)40-9-11-41(12-10-40)26-20-47-21-26/h4-5,13-15,17-18,26,45H,1-3,6-12,19-21H2,(H,37,38,39). The zero-order chi connectivity index (χ0) is 32.1. The molecular weight excluding hydrogens is 601 g/mol. The number of pyridine rings is 1. The number of carbonyl (C=O) groups excluding carboxylic acids is 1. The minimum atomic E-state index is -0.579. The molecule has 0 spiro atoms. The second-order valence-corrected chi connectivity index (χ2v) is 12.6. The first-order valence-corrected chi connectivity index (χ1v) is 16.3. The maximum Gasteiger partial charge on any atom is 0.260 e. The van der Waals surface area contributed by atoms with E-state index in [0.29, 0.717) is 41.6 Å². The van der Waals surface area contributed by atoms with Gasteiger partial charge in [-0.25, -0.2) is 14.1 Å². The second kappa shape index (κ2) is 12.1. The van der Waals surface area contributed by atoms with E-state index in [-0.39, 0.29) is 23.0 Å². The summed E-state index contributed by atoms with van der Waals surface area (Å²) in [5, 5.41) is 28.2. The number of hydrogen-bond acceptors (Lipinski definition) is 9. The van der Waals surface area contributed by atoms with Gasteiger partial charge in [0.1, 0.15) is 23.3 Å². The number of nitrogens with one attached hydrogen (secondary N) is 1. The molecule has 1 aromatic carbocycles. The molecule has 2 N–H and O–H groups in total. The van der Waals surface area contributed by atoms with Crippen LogP contribution >= 0.6 is 0 Å². The number of anilines is 4. The van der Waals surface area contributed by atoms with E-state index in [0.717, 1.165) is 76.6 Å². The minimum Gasteiger partial charge on any atom is -0.392 e. The Morgan fingerprint density at radius 1 is 1.04 bits per heavy atom. The number of aliphatic hydroxyl groups excluding tert-OH is 1. The lowest BCUT2D eigenvalue weighted by Crippen LogP contribution is -2.56. The van der Waals surface area contributed by atoms with Crippen LogP contribution in [0.5, 0.6) is 0 Å². The number of benzene rings is 1. The number of ether oxygens (including phenoxy) is 1. The summed E-state index contributed by atoms with van der Waals surface area (Å²) >= 11 is 0. The predicted octanol–water partition coefficient (Wildman–Crippen LogP) is 3.38. The van der Waals surface area contributed by atoms with Crippen molar-refractivity contribution in [3.05, 3.63) is 76.6 Å². The highest BCUT2D eigenvalue weighted by atomic mass is 19.1. The summed E-state index contributed by atoms with van der Waals surface area (Å²) in [4.78, 5) is 24.7. The Kier molecular flexibility index (Phi) is 7.63. The van der Waals surface area contributed by atoms with E-state index < -0.39 is 12.4 Å². The highest BCUT2D eigenvalue weighted by Crippen LogP contribution is 2.35. The van der Waals surface area contributed by atoms with Crippen LogP contribution in [0.4, 0.5) is 27.4 Å². The topological polar surface area (TPSA) is 128 Å². The number of nitrogens with zero attached hydrogens (tertiary/aromatic N) is 8. The fourth-order valence-corrected chi connectivity index (χ4v) is 7.29. The van der Waals surface area contributed by atoms with Crippen molar-refractivity contribution in [1.29, 1.82) is 5.26 Å². The lowest BCUT2D eigenvalue weighted by Gasteiger charge is -2.43. The van der Waals surface area contributed by atoms with Gasteiger partial charge >= 0.3 is 0 Å². The number of aromatic nitrogens is 4. The van der Waals surface area contributed by atoms with Gasteiger partial charge in [0.2, 0.25) is 0 Å². The molecule has 4 aliphatic heterocycles. The predicted molar refractivity (Wildman–Crippen MR) is 173 cm³/mol. The summed E-state index contributed by atoms with van der Waals surface area (Å²) in [6, 6.07) is 11.0. The van der Waals surface area contributed by atoms with Crippen molar-refractivity contribution >= 4 is 28.9 Å². The van der Waals surface area contributed by atoms with Crippen LogP contribution in [0.15, 0.2) is 42.7 Å². The van der Waals surface area contributed by atoms with Crippen LogP contribution in [-0.2, 0) is 30.7 Å². The Morgan fingerprint density at radius 2 is 1.87 bits per heavy atom. The van der Waals surface area contributed by atoms with Gasteiger partial charge in [-0.3, -0.25) is 9.69 Å². The number of aryl methyl sites for hydroxylation is 1. The normalized spacial score (nSPS) is 18.4. The Morgan fingerprint density at radius 3 is 2.60 bits per heavy atom. The van der Waals surface area contributed by atoms with Crippen LogP contribution in [0.25, 0.3) is 5.69 Å². The Hall–Kier alpha value is -4.77. The third-order valence-corrected chi connectivity index (χ3v) is 9.92. The van der Waals surface area contributed by atoms with Gasteiger partial charge in [0.25, 0.3) is 5.91 Å². The largest absolute Gasteiger partial charge is 0.392 e. The van der Waals surface area contributed by atoms with E-state index >= 15 is 4.39 Å². The molecule has 1 amide bonds. The van der Waals surface area contributed by atoms with Crippen LogP contribution in [-0.4, -0.2) is 87.2 Å². The SMILES string of the molecule is N#Cc1cn(-c2cc(F)cc(N3CCc4c(cc5n4CCCC5)C3=O)c2CO)nc1Nc1ccc(N2CCN(C3COC3)CC2)cn1. The third kappa shape index (κ3) is 5.32. The van der Waals surface area contributed by atoms with Gasteiger partial charge in [0.15, 0.2) is 5.82 Å². The number of piperazine rings is 1. The van der Waals surface area contributed by atoms with Gasteiger partial charge in [0, 0.05) is 68.7 Å². The lowest BCUT2D eigenvalue weighted by atomic mass is 10.0. The van der Waals surface area contributed by atoms with Crippen molar-refractivity contribution in [1.82, 2.24) is 24.2 Å². The summed E-state index contributed by atoms with van der Waals surface area (Å²) in [7, 11) is 0. The van der Waals surface area contributed by atoms with E-state index in [1.165, 1.54) is 28.7 Å². The van der Waals surface area contributed by atoms with Crippen molar-refractivity contribution in [3.8, 4) is 11.8 Å². The van der Waals surface area contributed by atoms with Crippen molar-refractivity contribution in [2.45, 2.75) is 44.9 Å². The summed E-state index contributed by atoms with van der Waals surface area (Å²) < 4.78 is 24.2. The van der Waals surface area contributed by atoms with Crippen LogP contribution in [0.3, 0.4) is 0 Å². The van der Waals surface area contributed by atoms with Gasteiger partial charge in [-0.1, -0.05) is 0 Å². The fourth-order valence-electron chi connectivity index (χ4n) is 7.29. The van der Waals surface area contributed by atoms with Crippen molar-refractivity contribution < 1.29 is 19.0 Å². The molecule has 2 saturated heterocycles. The molecule has 0 unspecified atom stereocenters. The van der Waals surface area contributed by atoms with Gasteiger partial charge in [-0.05, 0) is 43.5 Å². The molecule has 0 saturated carbocycles. The van der Waals surface area contributed by atoms with E-state index in [9.17, 15) is 15.2 Å². The molecule has 4 aliphatic rings. The van der Waals surface area contributed by atoms with Gasteiger partial charge in [-0.2, -0.15) is 5.26 Å². The summed E-state index contributed by atoms with van der Waals surface area (Å²) in [5.74, 6) is -0.0289. The number of rotatable bonds is 7. The van der Waals surface area contributed by atoms with Crippen LogP contribution in [0.1, 0.15) is 45.7 Å². The zero-order valence-electron chi connectivity index (χ0n) is 26.0. The summed E-state index contributed by atoms with van der Waals surface area (Å²) in [5.41, 5.74) is 4.98. The van der Waals surface area contributed by atoms with Gasteiger partial charge in [-0.15, -0.1) is 5.10 Å². The Bertz CT molecular complexity index is 1870. The highest BCUT2D eigenvalue weighted by molar-refractivity contribution is 6.08. The van der Waals surface area contributed by atoms with Crippen molar-refractivity contribution in [2.24, 2.45) is 0 Å². The molecule has 8 rings (SSSR count). The van der Waals surface area contributed by atoms with Crippen LogP contribution in [0.2, 0.25) is 0 Å². The highest BCUT2D eigenvalue weighted by Gasteiger charge is 2.33. The average Bonchev–Trinajstić information content (AvgIpc) is 3.66. The molecule has 0 radical (unpaired) electrons. The Balaban J connectivity index is 1.03. The monoisotopic (exact) mass is 637 g/mol. The average molecular weight is 638 g/mol. The first-order valence-electron chi connectivity index (χ1n) is 16.3. The molecule has 0 atom stereocenters. The minimum absolute atomic E-state index is 0.204. The molecular formula is C34H36FN9O3. The van der Waals surface area contributed by atoms with Crippen molar-refractivity contribution in [3.63, 3.8) is 0 Å². The molecule has 0 bridgehead atoms. The molecule has 47 heavy (non-hydrogen) atoms. The van der Waals surface area contributed by atoms with Gasteiger partial charge in [0.05, 0.1) is 60.9 Å². The maximum atomic E-state index is 15.2. The molecule has 4 aromatic rings. The molecule has 3 aromatic heterocycles. The Labute approximate surface area is 271 Å². The number of nitriles is 1. The molecule has 12 nitrogen and oxygen atoms in total. The fraction of sp³-hybridized carbons (Fsp3) is 0.412. The first-order chi connectivity index (χ1) is 23.0. The number of halogens is 1. The van der Waals surface area contributed by atoms with Gasteiger partial charge < -0.3 is 29.5 Å². The number of fused-ring (bicyclic) bond motifs is 3. The van der Waals surface area contributed by atoms with E-state index in [1.807, 2.05) is 18.2 Å². The third-order valence-electron chi connectivity index (χ3n) is 9.92. The molecule has 7 heterocycles. The summed E-state index contributed by atoms with van der Waals surface area (Å²) in [6.07, 6.45) is 7.07. The number of aliphatic hydroxyl groups is 1. The summed E-state index contributed by atoms with van der Waals surface area (Å²) in [6.45, 7) is 6.25. The zero-order valence-corrected chi connectivity index (χ0v) is 26.0. The molecule has 242 valence electrons. The number of carbonyl (C=O) groups is 1. The number of amides is 1. The van der Waals surface area contributed by atoms with Crippen LogP contribution < -0.4 is 15.1 Å². The van der Waals surface area contributed by atoms with E-state index in [2.05, 4.69) is 35.8 Å². The first kappa shape index (κ1) is 29.6. The van der Waals surface area contributed by atoms with E-state index in [4.69, 9.17) is 4.74 Å². The quantitative estimate of drug-likeness (QED) is 0.314. The molecule has 2 fully saturated rings. The number of hydrogen-bond donors (Lipinski definition) is 2. The van der Waals surface area contributed by atoms with E-state index in [1.54, 1.807) is 11.1 Å². The lowest BCUT2D eigenvalue weighted by molar-refractivity contribution is -0.0660. The van der Waals surface area contributed by atoms with Crippen molar-refractivity contribution in [2.75, 3.05) is 61.1 Å². The smallest absolute Gasteiger partial charge is 0.260 e. The maximum absolute atomic E-state index is 15.2.